The molecule has 0 unspecified atom stereocenters. The second-order valence-electron chi connectivity index (χ2n) is 3.85. The first-order valence-corrected chi connectivity index (χ1v) is 6.26. The minimum absolute atomic E-state index is 0.0151. The number of aryl methyl sites for hydroxylation is 1. The lowest BCUT2D eigenvalue weighted by atomic mass is 10.2. The van der Waals surface area contributed by atoms with Gasteiger partial charge in [-0.3, -0.25) is 4.79 Å². The maximum absolute atomic E-state index is 12.0. The third-order valence-corrected chi connectivity index (χ3v) is 3.06. The van der Waals surface area contributed by atoms with Crippen LogP contribution in [-0.4, -0.2) is 9.55 Å². The number of ether oxygens (including phenoxy) is 1. The maximum Gasteiger partial charge on any atom is 0.313 e. The third kappa shape index (κ3) is 2.77. The van der Waals surface area contributed by atoms with Crippen LogP contribution in [0.1, 0.15) is 12.5 Å². The van der Waals surface area contributed by atoms with E-state index in [4.69, 9.17) is 22.1 Å². The number of benzene rings is 1. The normalized spacial score (nSPS) is 10.5. The molecule has 6 heteroatoms. The lowest BCUT2D eigenvalue weighted by molar-refractivity contribution is 0.440. The molecule has 0 atom stereocenters. The lowest BCUT2D eigenvalue weighted by Gasteiger charge is -2.10. The van der Waals surface area contributed by atoms with E-state index in [0.29, 0.717) is 22.9 Å². The van der Waals surface area contributed by atoms with Gasteiger partial charge in [0.25, 0.3) is 5.88 Å². The van der Waals surface area contributed by atoms with Crippen molar-refractivity contribution in [3.8, 4) is 11.6 Å². The number of nitrogens with two attached hydrogens (primary N) is 1. The van der Waals surface area contributed by atoms with Crippen LogP contribution in [-0.2, 0) is 13.1 Å². The van der Waals surface area contributed by atoms with Crippen molar-refractivity contribution in [1.82, 2.24) is 9.55 Å². The van der Waals surface area contributed by atoms with Gasteiger partial charge in [0.1, 0.15) is 5.75 Å². The van der Waals surface area contributed by atoms with Gasteiger partial charge in [0.15, 0.2) is 0 Å². The predicted molar refractivity (Wildman–Crippen MR) is 73.6 cm³/mol. The Bertz CT molecular complexity index is 640. The highest BCUT2D eigenvalue weighted by Gasteiger charge is 2.11. The zero-order valence-electron chi connectivity index (χ0n) is 10.5. The first-order chi connectivity index (χ1) is 9.17. The third-order valence-electron chi connectivity index (χ3n) is 2.71. The van der Waals surface area contributed by atoms with Gasteiger partial charge < -0.3 is 15.0 Å². The number of rotatable bonds is 4. The first kappa shape index (κ1) is 13.6. The summed E-state index contributed by atoms with van der Waals surface area (Å²) in [5, 5.41) is 0.506. The molecule has 1 aromatic heterocycles. The van der Waals surface area contributed by atoms with Gasteiger partial charge in [-0.05, 0) is 19.1 Å². The molecule has 0 aliphatic rings. The van der Waals surface area contributed by atoms with Gasteiger partial charge in [-0.15, -0.1) is 0 Å². The fourth-order valence-corrected chi connectivity index (χ4v) is 1.93. The predicted octanol–water partition coefficient (Wildman–Crippen LogP) is 2.17. The Hall–Kier alpha value is -1.85. The average molecular weight is 280 g/mol. The molecule has 0 aliphatic heterocycles. The highest BCUT2D eigenvalue weighted by Crippen LogP contribution is 2.28. The van der Waals surface area contributed by atoms with Crippen molar-refractivity contribution in [3.63, 3.8) is 0 Å². The highest BCUT2D eigenvalue weighted by molar-refractivity contribution is 6.31. The summed E-state index contributed by atoms with van der Waals surface area (Å²) >= 11 is 6.03. The molecule has 0 spiro atoms. The van der Waals surface area contributed by atoms with Crippen LogP contribution < -0.4 is 16.0 Å². The van der Waals surface area contributed by atoms with E-state index >= 15 is 0 Å². The van der Waals surface area contributed by atoms with Crippen molar-refractivity contribution < 1.29 is 4.74 Å². The lowest BCUT2D eigenvalue weighted by Crippen LogP contribution is -2.20. The van der Waals surface area contributed by atoms with Crippen LogP contribution in [0.3, 0.4) is 0 Å². The summed E-state index contributed by atoms with van der Waals surface area (Å²) in [4.78, 5) is 15.9. The van der Waals surface area contributed by atoms with Crippen LogP contribution in [0, 0.1) is 0 Å². The minimum Gasteiger partial charge on any atom is -0.434 e. The SMILES string of the molecule is CCn1ccnc(Oc2cccc(Cl)c2CN)c1=O. The van der Waals surface area contributed by atoms with Crippen molar-refractivity contribution >= 4 is 11.6 Å². The molecule has 0 aliphatic carbocycles. The molecule has 0 saturated carbocycles. The maximum atomic E-state index is 12.0. The summed E-state index contributed by atoms with van der Waals surface area (Å²) in [6, 6.07) is 5.16. The van der Waals surface area contributed by atoms with Gasteiger partial charge in [0.05, 0.1) is 0 Å². The van der Waals surface area contributed by atoms with Gasteiger partial charge in [-0.2, -0.15) is 0 Å². The smallest absolute Gasteiger partial charge is 0.313 e. The van der Waals surface area contributed by atoms with Crippen LogP contribution in [0.4, 0.5) is 0 Å². The first-order valence-electron chi connectivity index (χ1n) is 5.88. The molecule has 19 heavy (non-hydrogen) atoms. The Morgan fingerprint density at radius 3 is 2.95 bits per heavy atom. The van der Waals surface area contributed by atoms with Crippen LogP contribution in [0.2, 0.25) is 5.02 Å². The summed E-state index contributed by atoms with van der Waals surface area (Å²) in [7, 11) is 0. The van der Waals surface area contributed by atoms with E-state index in [-0.39, 0.29) is 18.0 Å². The molecular weight excluding hydrogens is 266 g/mol. The van der Waals surface area contributed by atoms with Crippen molar-refractivity contribution in [1.29, 1.82) is 0 Å². The Morgan fingerprint density at radius 2 is 2.26 bits per heavy atom. The standard InChI is InChI=1S/C13H14ClN3O2/c1-2-17-7-6-16-12(13(17)18)19-11-5-3-4-10(14)9(11)8-15/h3-7H,2,8,15H2,1H3. The molecule has 0 fully saturated rings. The number of nitrogens with zero attached hydrogens (tertiary/aromatic N) is 2. The van der Waals surface area contributed by atoms with E-state index < -0.39 is 0 Å². The van der Waals surface area contributed by atoms with Crippen molar-refractivity contribution in [3.05, 3.63) is 51.5 Å². The molecule has 0 saturated heterocycles. The second-order valence-corrected chi connectivity index (χ2v) is 4.25. The largest absolute Gasteiger partial charge is 0.434 e. The van der Waals surface area contributed by atoms with Gasteiger partial charge in [0.2, 0.25) is 0 Å². The summed E-state index contributed by atoms with van der Waals surface area (Å²) in [5.74, 6) is 0.467. The monoisotopic (exact) mass is 279 g/mol. The van der Waals surface area contributed by atoms with E-state index in [1.54, 1.807) is 24.4 Å². The molecule has 2 rings (SSSR count). The van der Waals surface area contributed by atoms with E-state index in [9.17, 15) is 4.79 Å². The number of hydrogen-bond acceptors (Lipinski definition) is 4. The summed E-state index contributed by atoms with van der Waals surface area (Å²) in [5.41, 5.74) is 6.00. The van der Waals surface area contributed by atoms with Gasteiger partial charge >= 0.3 is 5.56 Å². The molecule has 1 heterocycles. The molecule has 0 amide bonds. The van der Waals surface area contributed by atoms with Crippen LogP contribution in [0.5, 0.6) is 11.6 Å². The van der Waals surface area contributed by atoms with Crippen molar-refractivity contribution in [2.75, 3.05) is 0 Å². The summed E-state index contributed by atoms with van der Waals surface area (Å²) < 4.78 is 7.05. The quantitative estimate of drug-likeness (QED) is 0.931. The zero-order chi connectivity index (χ0) is 13.8. The fourth-order valence-electron chi connectivity index (χ4n) is 1.68. The Morgan fingerprint density at radius 1 is 1.47 bits per heavy atom. The van der Waals surface area contributed by atoms with E-state index in [0.717, 1.165) is 0 Å². The fraction of sp³-hybridized carbons (Fsp3) is 0.231. The highest BCUT2D eigenvalue weighted by atomic mass is 35.5. The zero-order valence-corrected chi connectivity index (χ0v) is 11.2. The van der Waals surface area contributed by atoms with Gasteiger partial charge in [-0.1, -0.05) is 17.7 Å². The summed E-state index contributed by atoms with van der Waals surface area (Å²) in [6.45, 7) is 2.65. The number of aromatic nitrogens is 2. The molecule has 0 bridgehead atoms. The van der Waals surface area contributed by atoms with Crippen LogP contribution in [0.15, 0.2) is 35.4 Å². The minimum atomic E-state index is -0.284. The van der Waals surface area contributed by atoms with Gasteiger partial charge in [0, 0.05) is 36.1 Å². The Labute approximate surface area is 115 Å². The van der Waals surface area contributed by atoms with Crippen molar-refractivity contribution in [2.24, 2.45) is 5.73 Å². The molecule has 100 valence electrons. The molecule has 2 aromatic rings. The topological polar surface area (TPSA) is 70.1 Å². The van der Waals surface area contributed by atoms with E-state index in [1.807, 2.05) is 6.92 Å². The van der Waals surface area contributed by atoms with Crippen LogP contribution in [0.25, 0.3) is 0 Å². The molecule has 0 radical (unpaired) electrons. The molecule has 5 nitrogen and oxygen atoms in total. The Kier molecular flexibility index (Phi) is 4.19. The van der Waals surface area contributed by atoms with E-state index in [2.05, 4.69) is 4.98 Å². The van der Waals surface area contributed by atoms with E-state index in [1.165, 1.54) is 10.8 Å². The number of halogens is 1. The van der Waals surface area contributed by atoms with Crippen molar-refractivity contribution in [2.45, 2.75) is 20.0 Å². The van der Waals surface area contributed by atoms with Crippen LogP contribution >= 0.6 is 11.6 Å². The molecule has 1 aromatic carbocycles. The molecule has 2 N–H and O–H groups in total. The average Bonchev–Trinajstić information content (AvgIpc) is 2.41. The Balaban J connectivity index is 2.42. The molecular formula is C13H14ClN3O2. The number of hydrogen-bond donors (Lipinski definition) is 1. The van der Waals surface area contributed by atoms with Gasteiger partial charge in [-0.25, -0.2) is 4.98 Å². The summed E-state index contributed by atoms with van der Waals surface area (Å²) in [6.07, 6.45) is 3.13. The second kappa shape index (κ2) is 5.86.